The molecule has 5 nitrogen and oxygen atoms in total. The van der Waals surface area contributed by atoms with E-state index in [0.29, 0.717) is 17.5 Å². The van der Waals surface area contributed by atoms with Gasteiger partial charge in [0.2, 0.25) is 0 Å². The Balaban J connectivity index is 1.26. The molecule has 0 saturated carbocycles. The maximum Gasteiger partial charge on any atom is 0.164 e. The first-order valence-electron chi connectivity index (χ1n) is 12.8. The largest absolute Gasteiger partial charge is 0.508 e. The monoisotopic (exact) mass is 509 g/mol. The molecule has 1 N–H and O–H groups in total. The number of hydrogen-bond acceptors (Lipinski definition) is 5. The molecule has 0 bridgehead atoms. The summed E-state index contributed by atoms with van der Waals surface area (Å²) in [6.07, 6.45) is 6.43. The second-order valence-electron chi connectivity index (χ2n) is 10.1. The second kappa shape index (κ2) is 10.0. The number of rotatable bonds is 6. The second-order valence-corrected chi connectivity index (χ2v) is 10.1. The lowest BCUT2D eigenvalue weighted by Crippen LogP contribution is -2.03. The SMILES string of the molecule is CC1(C)C=CC(c2nc(-c3ccccc3)nc(-c3ccc(Oc4ccc(-c5ccc(O)cc5)cc4)cc3)n2)=C1. The minimum Gasteiger partial charge on any atom is -0.508 e. The van der Waals surface area contributed by atoms with Gasteiger partial charge in [0.1, 0.15) is 17.2 Å². The lowest BCUT2D eigenvalue weighted by atomic mass is 9.96. The van der Waals surface area contributed by atoms with Crippen molar-refractivity contribution in [1.82, 2.24) is 15.0 Å². The predicted octanol–water partition coefficient (Wildman–Crippen LogP) is 8.35. The van der Waals surface area contributed by atoms with Crippen molar-refractivity contribution < 1.29 is 9.84 Å². The Bertz CT molecular complexity index is 1670. The fourth-order valence-electron chi connectivity index (χ4n) is 4.47. The summed E-state index contributed by atoms with van der Waals surface area (Å²) >= 11 is 0. The zero-order valence-corrected chi connectivity index (χ0v) is 21.7. The van der Waals surface area contributed by atoms with Gasteiger partial charge < -0.3 is 9.84 Å². The molecule has 5 aromatic rings. The van der Waals surface area contributed by atoms with Crippen molar-refractivity contribution in [1.29, 1.82) is 0 Å². The average Bonchev–Trinajstić information content (AvgIpc) is 3.34. The van der Waals surface area contributed by atoms with Crippen LogP contribution in [-0.4, -0.2) is 20.1 Å². The molecule has 6 rings (SSSR count). The average molecular weight is 510 g/mol. The molecule has 1 heterocycles. The molecule has 39 heavy (non-hydrogen) atoms. The highest BCUT2D eigenvalue weighted by molar-refractivity contribution is 5.76. The van der Waals surface area contributed by atoms with Gasteiger partial charge in [-0.15, -0.1) is 0 Å². The minimum atomic E-state index is -0.0315. The summed E-state index contributed by atoms with van der Waals surface area (Å²) in [6.45, 7) is 4.33. The summed E-state index contributed by atoms with van der Waals surface area (Å²) in [6, 6.07) is 32.8. The number of aromatic hydroxyl groups is 1. The first kappa shape index (κ1) is 24.3. The molecule has 0 aliphatic heterocycles. The fraction of sp³-hybridized carbons (Fsp3) is 0.0882. The highest BCUT2D eigenvalue weighted by atomic mass is 16.5. The summed E-state index contributed by atoms with van der Waals surface area (Å²) < 4.78 is 6.09. The third-order valence-corrected chi connectivity index (χ3v) is 6.55. The van der Waals surface area contributed by atoms with E-state index in [2.05, 4.69) is 32.1 Å². The van der Waals surface area contributed by atoms with E-state index in [9.17, 15) is 5.11 Å². The Morgan fingerprint density at radius 3 is 1.59 bits per heavy atom. The lowest BCUT2D eigenvalue weighted by molar-refractivity contribution is 0.475. The molecule has 0 spiro atoms. The van der Waals surface area contributed by atoms with Gasteiger partial charge in [0, 0.05) is 22.1 Å². The smallest absolute Gasteiger partial charge is 0.164 e. The van der Waals surface area contributed by atoms with Crippen LogP contribution in [0.1, 0.15) is 19.7 Å². The molecule has 0 atom stereocenters. The van der Waals surface area contributed by atoms with E-state index < -0.39 is 0 Å². The van der Waals surface area contributed by atoms with Crippen molar-refractivity contribution >= 4 is 5.57 Å². The van der Waals surface area contributed by atoms with Crippen LogP contribution in [0.25, 0.3) is 39.5 Å². The number of ether oxygens (including phenoxy) is 1. The van der Waals surface area contributed by atoms with Gasteiger partial charge in [0.15, 0.2) is 17.5 Å². The normalized spacial score (nSPS) is 13.7. The van der Waals surface area contributed by atoms with Crippen LogP contribution in [0.2, 0.25) is 0 Å². The quantitative estimate of drug-likeness (QED) is 0.249. The predicted molar refractivity (Wildman–Crippen MR) is 155 cm³/mol. The lowest BCUT2D eigenvalue weighted by Gasteiger charge is -2.11. The molecule has 1 aliphatic rings. The third-order valence-electron chi connectivity index (χ3n) is 6.55. The van der Waals surface area contributed by atoms with Crippen molar-refractivity contribution in [2.24, 2.45) is 5.41 Å². The Hall–Kier alpha value is -5.03. The number of phenols is 1. The minimum absolute atomic E-state index is 0.0315. The number of allylic oxidation sites excluding steroid dienone is 4. The van der Waals surface area contributed by atoms with Crippen LogP contribution < -0.4 is 4.74 Å². The molecule has 5 heteroatoms. The Labute approximate surface area is 227 Å². The van der Waals surface area contributed by atoms with Gasteiger partial charge in [0.05, 0.1) is 0 Å². The molecule has 0 amide bonds. The molecular formula is C34H27N3O2. The Kier molecular flexibility index (Phi) is 6.25. The highest BCUT2D eigenvalue weighted by Gasteiger charge is 2.21. The molecule has 190 valence electrons. The maximum atomic E-state index is 9.52. The van der Waals surface area contributed by atoms with E-state index in [0.717, 1.165) is 39.3 Å². The van der Waals surface area contributed by atoms with E-state index in [-0.39, 0.29) is 11.2 Å². The van der Waals surface area contributed by atoms with Crippen LogP contribution >= 0.6 is 0 Å². The number of aromatic nitrogens is 3. The topological polar surface area (TPSA) is 68.1 Å². The van der Waals surface area contributed by atoms with Crippen molar-refractivity contribution in [2.45, 2.75) is 13.8 Å². The van der Waals surface area contributed by atoms with E-state index in [1.165, 1.54) is 0 Å². The van der Waals surface area contributed by atoms with E-state index in [1.807, 2.05) is 91.0 Å². The molecule has 0 radical (unpaired) electrons. The van der Waals surface area contributed by atoms with Crippen molar-refractivity contribution in [3.05, 3.63) is 127 Å². The van der Waals surface area contributed by atoms with Gasteiger partial charge in [0.25, 0.3) is 0 Å². The highest BCUT2D eigenvalue weighted by Crippen LogP contribution is 2.34. The fourth-order valence-corrected chi connectivity index (χ4v) is 4.47. The van der Waals surface area contributed by atoms with Gasteiger partial charge >= 0.3 is 0 Å². The first-order chi connectivity index (χ1) is 18.9. The van der Waals surface area contributed by atoms with Crippen LogP contribution in [0.3, 0.4) is 0 Å². The molecule has 0 saturated heterocycles. The van der Waals surface area contributed by atoms with Crippen molar-refractivity contribution in [2.75, 3.05) is 0 Å². The number of benzene rings is 4. The van der Waals surface area contributed by atoms with Crippen LogP contribution in [0, 0.1) is 5.41 Å². The first-order valence-corrected chi connectivity index (χ1v) is 12.8. The zero-order valence-electron chi connectivity index (χ0n) is 21.7. The number of phenolic OH excluding ortho intramolecular Hbond substituents is 1. The van der Waals surface area contributed by atoms with Gasteiger partial charge in [-0.25, -0.2) is 15.0 Å². The van der Waals surface area contributed by atoms with E-state index in [4.69, 9.17) is 19.7 Å². The van der Waals surface area contributed by atoms with Crippen LogP contribution in [-0.2, 0) is 0 Å². The standard InChI is InChI=1S/C34H27N3O2/c1-34(2)21-20-27(22-34)33-36-31(25-6-4-3-5-7-25)35-32(37-33)26-12-18-30(19-13-26)39-29-16-10-24(11-17-29)23-8-14-28(38)15-9-23/h3-22,38H,1-2H3. The Morgan fingerprint density at radius 1 is 0.564 bits per heavy atom. The molecule has 0 fully saturated rings. The molecular weight excluding hydrogens is 482 g/mol. The van der Waals surface area contributed by atoms with Crippen molar-refractivity contribution in [3.8, 4) is 51.2 Å². The van der Waals surface area contributed by atoms with Gasteiger partial charge in [-0.3, -0.25) is 0 Å². The molecule has 1 aliphatic carbocycles. The third kappa shape index (κ3) is 5.48. The van der Waals surface area contributed by atoms with Crippen molar-refractivity contribution in [3.63, 3.8) is 0 Å². The Morgan fingerprint density at radius 2 is 1.05 bits per heavy atom. The molecule has 1 aromatic heterocycles. The van der Waals surface area contributed by atoms with Gasteiger partial charge in [-0.05, 0) is 59.7 Å². The summed E-state index contributed by atoms with van der Waals surface area (Å²) in [5.74, 6) is 3.63. The van der Waals surface area contributed by atoms with Gasteiger partial charge in [-0.1, -0.05) is 86.7 Å². The van der Waals surface area contributed by atoms with E-state index >= 15 is 0 Å². The molecule has 4 aromatic carbocycles. The summed E-state index contributed by atoms with van der Waals surface area (Å²) in [7, 11) is 0. The zero-order chi connectivity index (χ0) is 26.8. The van der Waals surface area contributed by atoms with Crippen LogP contribution in [0.15, 0.2) is 121 Å². The van der Waals surface area contributed by atoms with Crippen LogP contribution in [0.4, 0.5) is 0 Å². The maximum absolute atomic E-state index is 9.52. The van der Waals surface area contributed by atoms with Gasteiger partial charge in [-0.2, -0.15) is 0 Å². The molecule has 0 unspecified atom stereocenters. The summed E-state index contributed by atoms with van der Waals surface area (Å²) in [5, 5.41) is 9.52. The summed E-state index contributed by atoms with van der Waals surface area (Å²) in [5.41, 5.74) is 4.87. The number of hydrogen-bond donors (Lipinski definition) is 1. The van der Waals surface area contributed by atoms with Crippen LogP contribution in [0.5, 0.6) is 17.2 Å². The number of nitrogens with zero attached hydrogens (tertiary/aromatic N) is 3. The summed E-state index contributed by atoms with van der Waals surface area (Å²) in [4.78, 5) is 14.4. The van der Waals surface area contributed by atoms with E-state index in [1.54, 1.807) is 12.1 Å².